The Labute approximate surface area is 69.8 Å². The molecule has 0 aromatic rings. The van der Waals surface area contributed by atoms with Crippen LogP contribution in [0.15, 0.2) is 0 Å². The second-order valence-corrected chi connectivity index (χ2v) is 4.64. The van der Waals surface area contributed by atoms with E-state index >= 15 is 0 Å². The highest BCUT2D eigenvalue weighted by atomic mass is 16.3. The van der Waals surface area contributed by atoms with Crippen molar-refractivity contribution in [1.82, 2.24) is 0 Å². The lowest BCUT2D eigenvalue weighted by Gasteiger charge is -2.38. The normalized spacial score (nSPS) is 37.1. The molecule has 66 valence electrons. The average molecular weight is 156 g/mol. The summed E-state index contributed by atoms with van der Waals surface area (Å²) in [5.74, 6) is 0.554. The zero-order valence-corrected chi connectivity index (χ0v) is 7.93. The van der Waals surface area contributed by atoms with Gasteiger partial charge in [-0.15, -0.1) is 0 Å². The van der Waals surface area contributed by atoms with Gasteiger partial charge in [-0.05, 0) is 30.6 Å². The van der Waals surface area contributed by atoms with Crippen molar-refractivity contribution in [3.05, 3.63) is 0 Å². The first-order valence-corrected chi connectivity index (χ1v) is 4.73. The van der Waals surface area contributed by atoms with E-state index in [4.69, 9.17) is 0 Å². The molecule has 1 nitrogen and oxygen atoms in total. The third kappa shape index (κ3) is 2.19. The van der Waals surface area contributed by atoms with Crippen LogP contribution in [0.1, 0.15) is 46.5 Å². The quantitative estimate of drug-likeness (QED) is 0.618. The molecule has 0 unspecified atom stereocenters. The molecule has 1 saturated carbocycles. The van der Waals surface area contributed by atoms with E-state index in [9.17, 15) is 5.11 Å². The molecule has 1 fully saturated rings. The summed E-state index contributed by atoms with van der Waals surface area (Å²) in [6, 6.07) is 0. The fourth-order valence-corrected chi connectivity index (χ4v) is 2.14. The Hall–Kier alpha value is -0.0400. The standard InChI is InChI=1S/C10H20O/c1-4-8-7-10(2,3)6-5-9(8)11/h8-9,11H,4-7H2,1-3H3/t8-,9-/m1/s1. The summed E-state index contributed by atoms with van der Waals surface area (Å²) in [5.41, 5.74) is 0.472. The molecule has 0 aromatic heterocycles. The van der Waals surface area contributed by atoms with Gasteiger partial charge in [0.1, 0.15) is 0 Å². The van der Waals surface area contributed by atoms with Crippen LogP contribution in [-0.4, -0.2) is 11.2 Å². The van der Waals surface area contributed by atoms with Gasteiger partial charge in [0, 0.05) is 0 Å². The fraction of sp³-hybridized carbons (Fsp3) is 1.00. The van der Waals surface area contributed by atoms with Crippen molar-refractivity contribution in [2.75, 3.05) is 0 Å². The zero-order chi connectivity index (χ0) is 8.48. The van der Waals surface area contributed by atoms with Crippen LogP contribution in [0.5, 0.6) is 0 Å². The average Bonchev–Trinajstić information content (AvgIpc) is 1.94. The van der Waals surface area contributed by atoms with E-state index in [0.717, 1.165) is 12.8 Å². The number of hydrogen-bond donors (Lipinski definition) is 1. The van der Waals surface area contributed by atoms with Crippen LogP contribution in [0.25, 0.3) is 0 Å². The van der Waals surface area contributed by atoms with E-state index in [1.807, 2.05) is 0 Å². The molecule has 0 heterocycles. The van der Waals surface area contributed by atoms with Crippen LogP contribution in [0, 0.1) is 11.3 Å². The van der Waals surface area contributed by atoms with Crippen LogP contribution in [-0.2, 0) is 0 Å². The Morgan fingerprint density at radius 2 is 2.09 bits per heavy atom. The number of rotatable bonds is 1. The summed E-state index contributed by atoms with van der Waals surface area (Å²) in [7, 11) is 0. The van der Waals surface area contributed by atoms with Crippen LogP contribution in [0.3, 0.4) is 0 Å². The molecule has 1 aliphatic rings. The van der Waals surface area contributed by atoms with Crippen molar-refractivity contribution in [2.45, 2.75) is 52.6 Å². The Morgan fingerprint density at radius 1 is 1.45 bits per heavy atom. The first kappa shape index (κ1) is 9.05. The van der Waals surface area contributed by atoms with E-state index < -0.39 is 0 Å². The molecule has 0 bridgehead atoms. The van der Waals surface area contributed by atoms with Gasteiger partial charge in [-0.25, -0.2) is 0 Å². The molecule has 1 aliphatic carbocycles. The molecule has 0 saturated heterocycles. The maximum absolute atomic E-state index is 9.60. The number of aliphatic hydroxyl groups excluding tert-OH is 1. The highest BCUT2D eigenvalue weighted by molar-refractivity contribution is 4.83. The minimum Gasteiger partial charge on any atom is -0.393 e. The van der Waals surface area contributed by atoms with Crippen LogP contribution in [0.2, 0.25) is 0 Å². The van der Waals surface area contributed by atoms with E-state index in [2.05, 4.69) is 20.8 Å². The predicted molar refractivity (Wildman–Crippen MR) is 47.4 cm³/mol. The maximum atomic E-state index is 9.60. The Kier molecular flexibility index (Phi) is 2.58. The van der Waals surface area contributed by atoms with Gasteiger partial charge in [0.2, 0.25) is 0 Å². The van der Waals surface area contributed by atoms with Gasteiger partial charge >= 0.3 is 0 Å². The molecule has 1 heteroatoms. The van der Waals surface area contributed by atoms with Gasteiger partial charge in [0.05, 0.1) is 6.10 Å². The molecule has 1 N–H and O–H groups in total. The lowest BCUT2D eigenvalue weighted by molar-refractivity contribution is 0.0200. The summed E-state index contributed by atoms with van der Waals surface area (Å²) in [6.45, 7) is 6.79. The SMILES string of the molecule is CC[C@@H]1CC(C)(C)CC[C@H]1O. The van der Waals surface area contributed by atoms with Crippen molar-refractivity contribution in [3.8, 4) is 0 Å². The van der Waals surface area contributed by atoms with Gasteiger partial charge in [0.15, 0.2) is 0 Å². The first-order valence-electron chi connectivity index (χ1n) is 4.73. The summed E-state index contributed by atoms with van der Waals surface area (Å²) in [5, 5.41) is 9.60. The summed E-state index contributed by atoms with van der Waals surface area (Å²) < 4.78 is 0. The van der Waals surface area contributed by atoms with Crippen LogP contribution >= 0.6 is 0 Å². The van der Waals surface area contributed by atoms with E-state index in [0.29, 0.717) is 11.3 Å². The lowest BCUT2D eigenvalue weighted by atomic mass is 9.70. The summed E-state index contributed by atoms with van der Waals surface area (Å²) in [4.78, 5) is 0. The van der Waals surface area contributed by atoms with Crippen molar-refractivity contribution in [3.63, 3.8) is 0 Å². The molecule has 0 radical (unpaired) electrons. The topological polar surface area (TPSA) is 20.2 Å². The Bertz CT molecular complexity index is 129. The van der Waals surface area contributed by atoms with Gasteiger partial charge in [0.25, 0.3) is 0 Å². The summed E-state index contributed by atoms with van der Waals surface area (Å²) >= 11 is 0. The van der Waals surface area contributed by atoms with E-state index in [-0.39, 0.29) is 6.10 Å². The first-order chi connectivity index (χ1) is 5.05. The highest BCUT2D eigenvalue weighted by Gasteiger charge is 2.32. The molecule has 0 spiro atoms. The molecule has 1 rings (SSSR count). The Balaban J connectivity index is 2.51. The van der Waals surface area contributed by atoms with E-state index in [1.54, 1.807) is 0 Å². The molecule has 0 aliphatic heterocycles. The highest BCUT2D eigenvalue weighted by Crippen LogP contribution is 2.39. The zero-order valence-electron chi connectivity index (χ0n) is 7.93. The number of aliphatic hydroxyl groups is 1. The predicted octanol–water partition coefficient (Wildman–Crippen LogP) is 2.58. The lowest BCUT2D eigenvalue weighted by Crippen LogP contribution is -2.32. The molecule has 2 atom stereocenters. The van der Waals surface area contributed by atoms with Crippen LogP contribution in [0.4, 0.5) is 0 Å². The molecule has 0 aromatic carbocycles. The number of hydrogen-bond acceptors (Lipinski definition) is 1. The van der Waals surface area contributed by atoms with Gasteiger partial charge < -0.3 is 5.11 Å². The third-order valence-electron chi connectivity index (χ3n) is 3.00. The smallest absolute Gasteiger partial charge is 0.0568 e. The second-order valence-electron chi connectivity index (χ2n) is 4.64. The minimum atomic E-state index is -0.0203. The molecular formula is C10H20O. The van der Waals surface area contributed by atoms with Crippen molar-refractivity contribution < 1.29 is 5.11 Å². The monoisotopic (exact) mass is 156 g/mol. The molecule has 11 heavy (non-hydrogen) atoms. The van der Waals surface area contributed by atoms with Crippen LogP contribution < -0.4 is 0 Å². The van der Waals surface area contributed by atoms with E-state index in [1.165, 1.54) is 12.8 Å². The van der Waals surface area contributed by atoms with Crippen molar-refractivity contribution in [2.24, 2.45) is 11.3 Å². The third-order valence-corrected chi connectivity index (χ3v) is 3.00. The molecular weight excluding hydrogens is 136 g/mol. The fourth-order valence-electron chi connectivity index (χ4n) is 2.14. The maximum Gasteiger partial charge on any atom is 0.0568 e. The van der Waals surface area contributed by atoms with Gasteiger partial charge in [-0.2, -0.15) is 0 Å². The van der Waals surface area contributed by atoms with Gasteiger partial charge in [-0.3, -0.25) is 0 Å². The van der Waals surface area contributed by atoms with Crippen molar-refractivity contribution in [1.29, 1.82) is 0 Å². The Morgan fingerprint density at radius 3 is 2.55 bits per heavy atom. The molecule has 0 amide bonds. The van der Waals surface area contributed by atoms with Crippen molar-refractivity contribution >= 4 is 0 Å². The summed E-state index contributed by atoms with van der Waals surface area (Å²) in [6.07, 6.45) is 4.50. The minimum absolute atomic E-state index is 0.0203. The second kappa shape index (κ2) is 3.14. The van der Waals surface area contributed by atoms with Gasteiger partial charge in [-0.1, -0.05) is 27.2 Å². The largest absolute Gasteiger partial charge is 0.393 e.